The average molecular weight is 243 g/mol. The molecule has 18 heavy (non-hydrogen) atoms. The number of halogens is 2. The van der Waals surface area contributed by atoms with Gasteiger partial charge in [-0.1, -0.05) is 24.3 Å². The van der Waals surface area contributed by atoms with Gasteiger partial charge < -0.3 is 0 Å². The normalized spacial score (nSPS) is 11.0. The molecule has 0 aliphatic rings. The Morgan fingerprint density at radius 1 is 1.11 bits per heavy atom. The van der Waals surface area contributed by atoms with E-state index in [9.17, 15) is 8.78 Å². The quantitative estimate of drug-likeness (QED) is 0.676. The summed E-state index contributed by atoms with van der Waals surface area (Å²) in [4.78, 5) is 0. The number of hydrogen-bond acceptors (Lipinski definition) is 1. The van der Waals surface area contributed by atoms with E-state index in [0.29, 0.717) is 5.56 Å². The van der Waals surface area contributed by atoms with Crippen molar-refractivity contribution in [2.75, 3.05) is 0 Å². The molecule has 0 fully saturated rings. The van der Waals surface area contributed by atoms with Gasteiger partial charge in [0.1, 0.15) is 17.8 Å². The van der Waals surface area contributed by atoms with Gasteiger partial charge in [-0.15, -0.1) is 0 Å². The fraction of sp³-hybridized carbons (Fsp3) is 0.0714. The van der Waals surface area contributed by atoms with E-state index in [-0.39, 0.29) is 6.54 Å². The van der Waals surface area contributed by atoms with Gasteiger partial charge in [-0.2, -0.15) is 5.10 Å². The molecular formula is C14H9F2N2. The summed E-state index contributed by atoms with van der Waals surface area (Å²) in [5.74, 6) is -1.14. The summed E-state index contributed by atoms with van der Waals surface area (Å²) >= 11 is 0. The number of rotatable bonds is 2. The van der Waals surface area contributed by atoms with Gasteiger partial charge in [0.15, 0.2) is 0 Å². The van der Waals surface area contributed by atoms with Crippen molar-refractivity contribution >= 4 is 10.9 Å². The predicted molar refractivity (Wildman–Crippen MR) is 64.0 cm³/mol. The van der Waals surface area contributed by atoms with Crippen LogP contribution in [0.15, 0.2) is 42.5 Å². The maximum Gasteiger partial charge on any atom is 0.131 e. The van der Waals surface area contributed by atoms with E-state index < -0.39 is 11.6 Å². The summed E-state index contributed by atoms with van der Waals surface area (Å²) < 4.78 is 28.0. The zero-order valence-corrected chi connectivity index (χ0v) is 9.40. The Balaban J connectivity index is 2.01. The third-order valence-electron chi connectivity index (χ3n) is 2.81. The molecule has 2 nitrogen and oxygen atoms in total. The molecule has 1 radical (unpaired) electrons. The largest absolute Gasteiger partial charge is 0.260 e. The Labute approximate surface area is 102 Å². The summed E-state index contributed by atoms with van der Waals surface area (Å²) in [5, 5.41) is 4.96. The molecular weight excluding hydrogens is 234 g/mol. The molecule has 0 atom stereocenters. The van der Waals surface area contributed by atoms with E-state index in [4.69, 9.17) is 0 Å². The lowest BCUT2D eigenvalue weighted by molar-refractivity contribution is 0.561. The molecule has 2 aromatic carbocycles. The van der Waals surface area contributed by atoms with Crippen LogP contribution in [-0.2, 0) is 6.54 Å². The zero-order chi connectivity index (χ0) is 12.5. The molecule has 0 N–H and O–H groups in total. The summed E-state index contributed by atoms with van der Waals surface area (Å²) in [6.45, 7) is 0.260. The van der Waals surface area contributed by atoms with Crippen LogP contribution in [0.3, 0.4) is 0 Å². The van der Waals surface area contributed by atoms with E-state index in [2.05, 4.69) is 11.3 Å². The number of aromatic nitrogens is 2. The minimum Gasteiger partial charge on any atom is -0.260 e. The Morgan fingerprint density at radius 2 is 1.94 bits per heavy atom. The SMILES string of the molecule is Fc1ccc(Cn2n[c]c3ccccc32)c(F)c1. The van der Waals surface area contributed by atoms with Crippen molar-refractivity contribution in [3.05, 3.63) is 65.9 Å². The number of benzene rings is 2. The van der Waals surface area contributed by atoms with E-state index >= 15 is 0 Å². The molecule has 0 saturated heterocycles. The van der Waals surface area contributed by atoms with E-state index in [1.54, 1.807) is 4.68 Å². The third-order valence-corrected chi connectivity index (χ3v) is 2.81. The second-order valence-electron chi connectivity index (χ2n) is 4.02. The molecule has 1 heterocycles. The summed E-state index contributed by atoms with van der Waals surface area (Å²) in [5.41, 5.74) is 1.28. The van der Waals surface area contributed by atoms with E-state index in [0.717, 1.165) is 17.0 Å². The zero-order valence-electron chi connectivity index (χ0n) is 9.40. The first-order chi connectivity index (χ1) is 8.74. The van der Waals surface area contributed by atoms with Crippen LogP contribution in [0.2, 0.25) is 0 Å². The molecule has 0 aliphatic heterocycles. The van der Waals surface area contributed by atoms with E-state index in [1.165, 1.54) is 12.1 Å². The molecule has 0 bridgehead atoms. The van der Waals surface area contributed by atoms with Crippen molar-refractivity contribution in [3.8, 4) is 0 Å². The smallest absolute Gasteiger partial charge is 0.131 e. The average Bonchev–Trinajstić information content (AvgIpc) is 2.76. The van der Waals surface area contributed by atoms with Crippen LogP contribution in [0.5, 0.6) is 0 Å². The fourth-order valence-electron chi connectivity index (χ4n) is 1.89. The third kappa shape index (κ3) is 1.86. The Kier molecular flexibility index (Phi) is 2.55. The lowest BCUT2D eigenvalue weighted by Crippen LogP contribution is -2.03. The van der Waals surface area contributed by atoms with Crippen molar-refractivity contribution in [1.29, 1.82) is 0 Å². The first-order valence-electron chi connectivity index (χ1n) is 5.51. The highest BCUT2D eigenvalue weighted by molar-refractivity contribution is 5.77. The van der Waals surface area contributed by atoms with Crippen LogP contribution < -0.4 is 0 Å². The van der Waals surface area contributed by atoms with Gasteiger partial charge in [0.05, 0.1) is 12.1 Å². The van der Waals surface area contributed by atoms with Crippen molar-refractivity contribution in [2.45, 2.75) is 6.54 Å². The van der Waals surface area contributed by atoms with Crippen LogP contribution >= 0.6 is 0 Å². The Morgan fingerprint density at radius 3 is 2.78 bits per heavy atom. The van der Waals surface area contributed by atoms with Crippen LogP contribution in [0.1, 0.15) is 5.56 Å². The van der Waals surface area contributed by atoms with E-state index in [1.807, 2.05) is 24.3 Å². The molecule has 4 heteroatoms. The van der Waals surface area contributed by atoms with Gasteiger partial charge in [0, 0.05) is 17.0 Å². The summed E-state index contributed by atoms with van der Waals surface area (Å²) in [6, 6.07) is 11.1. The molecule has 89 valence electrons. The van der Waals surface area contributed by atoms with Crippen molar-refractivity contribution < 1.29 is 8.78 Å². The molecule has 3 rings (SSSR count). The molecule has 0 spiro atoms. The van der Waals surface area contributed by atoms with Gasteiger partial charge in [-0.25, -0.2) is 8.78 Å². The minimum absolute atomic E-state index is 0.260. The first kappa shape index (κ1) is 10.9. The molecule has 0 amide bonds. The van der Waals surface area contributed by atoms with Crippen LogP contribution in [-0.4, -0.2) is 9.78 Å². The second-order valence-corrected chi connectivity index (χ2v) is 4.02. The second kappa shape index (κ2) is 4.22. The van der Waals surface area contributed by atoms with Gasteiger partial charge >= 0.3 is 0 Å². The number of fused-ring (bicyclic) bond motifs is 1. The summed E-state index contributed by atoms with van der Waals surface area (Å²) in [6.07, 6.45) is 2.86. The molecule has 0 unspecified atom stereocenters. The van der Waals surface area contributed by atoms with Crippen molar-refractivity contribution in [2.24, 2.45) is 0 Å². The van der Waals surface area contributed by atoms with Crippen molar-refractivity contribution in [1.82, 2.24) is 9.78 Å². The molecule has 3 aromatic rings. The topological polar surface area (TPSA) is 17.8 Å². The number of nitrogens with zero attached hydrogens (tertiary/aromatic N) is 2. The molecule has 1 aromatic heterocycles. The first-order valence-corrected chi connectivity index (χ1v) is 5.51. The maximum absolute atomic E-state index is 13.6. The minimum atomic E-state index is -0.576. The lowest BCUT2D eigenvalue weighted by Gasteiger charge is -2.05. The highest BCUT2D eigenvalue weighted by atomic mass is 19.1. The Bertz CT molecular complexity index is 704. The van der Waals surface area contributed by atoms with Crippen LogP contribution in [0.4, 0.5) is 8.78 Å². The Hall–Kier alpha value is -2.23. The monoisotopic (exact) mass is 243 g/mol. The predicted octanol–water partition coefficient (Wildman–Crippen LogP) is 3.16. The fourth-order valence-corrected chi connectivity index (χ4v) is 1.89. The number of para-hydroxylation sites is 1. The van der Waals surface area contributed by atoms with Crippen LogP contribution in [0.25, 0.3) is 10.9 Å². The highest BCUT2D eigenvalue weighted by Gasteiger charge is 2.07. The summed E-state index contributed by atoms with van der Waals surface area (Å²) in [7, 11) is 0. The van der Waals surface area contributed by atoms with Gasteiger partial charge in [0.2, 0.25) is 0 Å². The van der Waals surface area contributed by atoms with Crippen LogP contribution in [0, 0.1) is 17.8 Å². The van der Waals surface area contributed by atoms with Gasteiger partial charge in [0.25, 0.3) is 0 Å². The lowest BCUT2D eigenvalue weighted by atomic mass is 10.2. The van der Waals surface area contributed by atoms with Crippen molar-refractivity contribution in [3.63, 3.8) is 0 Å². The van der Waals surface area contributed by atoms with Gasteiger partial charge in [-0.05, 0) is 12.1 Å². The maximum atomic E-state index is 13.6. The standard InChI is InChI=1S/C14H9F2N2/c15-12-6-5-11(13(16)7-12)9-18-14-4-2-1-3-10(14)8-17-18/h1-7H,9H2. The molecule has 0 aliphatic carbocycles. The molecule has 0 saturated carbocycles. The highest BCUT2D eigenvalue weighted by Crippen LogP contribution is 2.16. The van der Waals surface area contributed by atoms with Gasteiger partial charge in [-0.3, -0.25) is 4.68 Å². The number of hydrogen-bond donors (Lipinski definition) is 0.